The van der Waals surface area contributed by atoms with Crippen molar-refractivity contribution in [3.05, 3.63) is 77.4 Å². The average Bonchev–Trinajstić information content (AvgIpc) is 3.07. The van der Waals surface area contributed by atoms with Gasteiger partial charge >= 0.3 is 0 Å². The highest BCUT2D eigenvalue weighted by Crippen LogP contribution is 2.36. The van der Waals surface area contributed by atoms with Gasteiger partial charge in [-0.1, -0.05) is 55.5 Å². The van der Waals surface area contributed by atoms with Crippen molar-refractivity contribution >= 4 is 22.6 Å². The second-order valence-electron chi connectivity index (χ2n) is 7.24. The largest absolute Gasteiger partial charge is 0.298 e. The van der Waals surface area contributed by atoms with E-state index < -0.39 is 0 Å². The molecule has 3 aromatic rings. The van der Waals surface area contributed by atoms with E-state index >= 15 is 0 Å². The first-order valence-electron chi connectivity index (χ1n) is 8.93. The predicted molar refractivity (Wildman–Crippen MR) is 106 cm³/mol. The Bertz CT molecular complexity index is 977. The van der Waals surface area contributed by atoms with Crippen LogP contribution >= 0.6 is 0 Å². The molecule has 1 aliphatic carbocycles. The lowest BCUT2D eigenvalue weighted by atomic mass is 9.93. The van der Waals surface area contributed by atoms with E-state index in [1.54, 1.807) is 0 Å². The molecule has 0 aromatic heterocycles. The molecule has 3 aromatic carbocycles. The van der Waals surface area contributed by atoms with Gasteiger partial charge in [0.05, 0.1) is 0 Å². The minimum Gasteiger partial charge on any atom is -0.298 e. The highest BCUT2D eigenvalue weighted by Gasteiger charge is 2.16. The Labute approximate surface area is 149 Å². The molecule has 0 saturated heterocycles. The fourth-order valence-corrected chi connectivity index (χ4v) is 3.80. The number of benzene rings is 3. The molecule has 0 fully saturated rings. The number of hydrogen-bond donors (Lipinski definition) is 0. The third kappa shape index (κ3) is 3.02. The molecule has 25 heavy (non-hydrogen) atoms. The predicted octanol–water partition coefficient (Wildman–Crippen LogP) is 6.44. The lowest BCUT2D eigenvalue weighted by Gasteiger charge is -2.12. The lowest BCUT2D eigenvalue weighted by Crippen LogP contribution is -1.91. The summed E-state index contributed by atoms with van der Waals surface area (Å²) in [6, 6.07) is 19.0. The van der Waals surface area contributed by atoms with Crippen molar-refractivity contribution in [3.63, 3.8) is 0 Å². The third-order valence-corrected chi connectivity index (χ3v) is 5.24. The van der Waals surface area contributed by atoms with Crippen LogP contribution in [0.4, 0.5) is 0 Å². The Morgan fingerprint density at radius 3 is 2.36 bits per heavy atom. The Morgan fingerprint density at radius 1 is 0.920 bits per heavy atom. The van der Waals surface area contributed by atoms with Gasteiger partial charge in [-0.25, -0.2) is 0 Å². The number of allylic oxidation sites excluding steroid dienone is 2. The highest BCUT2D eigenvalue weighted by atomic mass is 16.1. The summed E-state index contributed by atoms with van der Waals surface area (Å²) < 4.78 is 0. The quantitative estimate of drug-likeness (QED) is 0.506. The van der Waals surface area contributed by atoms with E-state index in [1.165, 1.54) is 45.9 Å². The van der Waals surface area contributed by atoms with Gasteiger partial charge in [-0.3, -0.25) is 4.79 Å². The monoisotopic (exact) mass is 326 g/mol. The van der Waals surface area contributed by atoms with Gasteiger partial charge in [0, 0.05) is 5.56 Å². The molecule has 1 aliphatic rings. The van der Waals surface area contributed by atoms with E-state index in [-0.39, 0.29) is 0 Å². The third-order valence-electron chi connectivity index (χ3n) is 5.24. The van der Waals surface area contributed by atoms with Gasteiger partial charge < -0.3 is 0 Å². The van der Waals surface area contributed by atoms with Gasteiger partial charge in [-0.2, -0.15) is 0 Å². The van der Waals surface area contributed by atoms with Crippen LogP contribution in [0.2, 0.25) is 0 Å². The van der Waals surface area contributed by atoms with Crippen molar-refractivity contribution in [3.8, 4) is 11.1 Å². The van der Waals surface area contributed by atoms with Crippen LogP contribution < -0.4 is 0 Å². The van der Waals surface area contributed by atoms with Crippen LogP contribution in [0.5, 0.6) is 0 Å². The van der Waals surface area contributed by atoms with E-state index in [0.717, 1.165) is 17.8 Å². The van der Waals surface area contributed by atoms with E-state index in [1.807, 2.05) is 24.3 Å². The molecule has 0 aliphatic heterocycles. The normalized spacial score (nSPS) is 16.9. The Balaban J connectivity index is 1.78. The summed E-state index contributed by atoms with van der Waals surface area (Å²) in [4.78, 5) is 10.8. The van der Waals surface area contributed by atoms with E-state index in [2.05, 4.69) is 50.3 Å². The lowest BCUT2D eigenvalue weighted by molar-refractivity contribution is 0.112. The summed E-state index contributed by atoms with van der Waals surface area (Å²) in [5, 5.41) is 2.55. The Morgan fingerprint density at radius 2 is 1.68 bits per heavy atom. The van der Waals surface area contributed by atoms with Gasteiger partial charge in [0.2, 0.25) is 0 Å². The van der Waals surface area contributed by atoms with Crippen LogP contribution in [0.25, 0.3) is 27.5 Å². The zero-order valence-electron chi connectivity index (χ0n) is 14.8. The van der Waals surface area contributed by atoms with E-state index in [9.17, 15) is 4.79 Å². The first-order valence-corrected chi connectivity index (χ1v) is 8.93. The number of fused-ring (bicyclic) bond motifs is 1. The summed E-state index contributed by atoms with van der Waals surface area (Å²) in [6.45, 7) is 4.53. The summed E-state index contributed by atoms with van der Waals surface area (Å²) in [5.41, 5.74) is 7.29. The fourth-order valence-electron chi connectivity index (χ4n) is 3.80. The summed E-state index contributed by atoms with van der Waals surface area (Å²) >= 11 is 0. The first-order chi connectivity index (χ1) is 12.1. The molecule has 0 amide bonds. The van der Waals surface area contributed by atoms with Gasteiger partial charge in [0.25, 0.3) is 0 Å². The first kappa shape index (κ1) is 15.8. The Kier molecular flexibility index (Phi) is 4.01. The van der Waals surface area contributed by atoms with Crippen molar-refractivity contribution in [2.75, 3.05) is 0 Å². The van der Waals surface area contributed by atoms with Crippen LogP contribution in [0.15, 0.2) is 60.7 Å². The molecule has 1 heteroatoms. The molecular formula is C24H22O. The zero-order valence-corrected chi connectivity index (χ0v) is 14.8. The van der Waals surface area contributed by atoms with Crippen LogP contribution in [0.1, 0.15) is 41.3 Å². The maximum Gasteiger partial charge on any atom is 0.150 e. The molecule has 0 heterocycles. The molecule has 124 valence electrons. The second-order valence-corrected chi connectivity index (χ2v) is 7.24. The summed E-state index contributed by atoms with van der Waals surface area (Å²) in [7, 11) is 0. The minimum atomic E-state index is 0.713. The van der Waals surface area contributed by atoms with Crippen molar-refractivity contribution in [1.82, 2.24) is 0 Å². The highest BCUT2D eigenvalue weighted by molar-refractivity contribution is 5.91. The average molecular weight is 326 g/mol. The Hall–Kier alpha value is -2.67. The van der Waals surface area contributed by atoms with Crippen LogP contribution in [0.3, 0.4) is 0 Å². The number of aryl methyl sites for hydroxylation is 1. The molecule has 0 bridgehead atoms. The van der Waals surface area contributed by atoms with Crippen molar-refractivity contribution in [1.29, 1.82) is 0 Å². The topological polar surface area (TPSA) is 17.1 Å². The maximum absolute atomic E-state index is 10.8. The van der Waals surface area contributed by atoms with Crippen molar-refractivity contribution in [2.24, 2.45) is 5.92 Å². The van der Waals surface area contributed by atoms with Crippen molar-refractivity contribution in [2.45, 2.75) is 26.7 Å². The van der Waals surface area contributed by atoms with Gasteiger partial charge in [0.15, 0.2) is 0 Å². The molecule has 1 nitrogen and oxygen atoms in total. The number of carbonyl (C=O) groups is 1. The number of aldehydes is 1. The standard InChI is InChI=1S/C24H22O/c1-16-3-6-22(11-16)24-14-23-13-21(10-9-20(23)12-17(24)2)19-7-4-18(15-25)5-8-19/h4-10,12-16H,3,11H2,1-2H3. The smallest absolute Gasteiger partial charge is 0.150 e. The summed E-state index contributed by atoms with van der Waals surface area (Å²) in [6.07, 6.45) is 5.66. The summed E-state index contributed by atoms with van der Waals surface area (Å²) in [5.74, 6) is 0.757. The van der Waals surface area contributed by atoms with Crippen LogP contribution in [0, 0.1) is 12.8 Å². The van der Waals surface area contributed by atoms with Gasteiger partial charge in [0.1, 0.15) is 6.29 Å². The minimum absolute atomic E-state index is 0.713. The van der Waals surface area contributed by atoms with E-state index in [4.69, 9.17) is 0 Å². The number of rotatable bonds is 3. The number of hydrogen-bond acceptors (Lipinski definition) is 1. The molecular weight excluding hydrogens is 304 g/mol. The van der Waals surface area contributed by atoms with Crippen LogP contribution in [-0.4, -0.2) is 6.29 Å². The SMILES string of the molecule is Cc1cc2ccc(-c3ccc(C=O)cc3)cc2cc1C1=CCC(C)C1. The molecule has 1 unspecified atom stereocenters. The number of carbonyl (C=O) groups excluding carboxylic acids is 1. The molecule has 1 atom stereocenters. The fraction of sp³-hybridized carbons (Fsp3) is 0.208. The molecule has 0 spiro atoms. The zero-order chi connectivity index (χ0) is 17.4. The van der Waals surface area contributed by atoms with E-state index in [0.29, 0.717) is 5.56 Å². The van der Waals surface area contributed by atoms with Crippen molar-refractivity contribution < 1.29 is 4.79 Å². The molecule has 4 rings (SSSR count). The van der Waals surface area contributed by atoms with Gasteiger partial charge in [-0.15, -0.1) is 0 Å². The molecule has 0 saturated carbocycles. The van der Waals surface area contributed by atoms with Crippen LogP contribution in [-0.2, 0) is 0 Å². The van der Waals surface area contributed by atoms with Gasteiger partial charge in [-0.05, 0) is 76.4 Å². The molecule has 0 N–H and O–H groups in total. The second kappa shape index (κ2) is 6.33. The molecule has 0 radical (unpaired) electrons. The maximum atomic E-state index is 10.8.